The lowest BCUT2D eigenvalue weighted by Gasteiger charge is -2.09. The van der Waals surface area contributed by atoms with Crippen molar-refractivity contribution in [3.8, 4) is 0 Å². The monoisotopic (exact) mass is 303 g/mol. The summed E-state index contributed by atoms with van der Waals surface area (Å²) in [5, 5.41) is 3.35. The van der Waals surface area contributed by atoms with Crippen LogP contribution >= 0.6 is 15.9 Å². The summed E-state index contributed by atoms with van der Waals surface area (Å²) in [6.07, 6.45) is 2.42. The summed E-state index contributed by atoms with van der Waals surface area (Å²) in [4.78, 5) is 9.01. The maximum Gasteiger partial charge on any atom is 0.135 e. The Morgan fingerprint density at radius 2 is 2.00 bits per heavy atom. The van der Waals surface area contributed by atoms with Crippen molar-refractivity contribution in [3.05, 3.63) is 46.3 Å². The fraction of sp³-hybridized carbons (Fsp3) is 0.286. The molecular formula is C14H14BrN3. The van der Waals surface area contributed by atoms with Crippen LogP contribution in [0.1, 0.15) is 30.1 Å². The van der Waals surface area contributed by atoms with Crippen molar-refractivity contribution in [2.45, 2.75) is 25.7 Å². The molecule has 18 heavy (non-hydrogen) atoms. The molecule has 1 N–H and O–H groups in total. The van der Waals surface area contributed by atoms with Gasteiger partial charge in [0.05, 0.1) is 0 Å². The molecule has 0 amide bonds. The number of benzene rings is 1. The molecule has 0 spiro atoms. The molecule has 1 aromatic heterocycles. The third-order valence-corrected chi connectivity index (χ3v) is 3.47. The Bertz CT molecular complexity index is 579. The van der Waals surface area contributed by atoms with Crippen LogP contribution in [-0.2, 0) is 0 Å². The van der Waals surface area contributed by atoms with E-state index in [1.165, 1.54) is 18.4 Å². The van der Waals surface area contributed by atoms with E-state index in [0.29, 0.717) is 5.92 Å². The van der Waals surface area contributed by atoms with Gasteiger partial charge in [-0.15, -0.1) is 0 Å². The molecule has 3 rings (SSSR count). The highest BCUT2D eigenvalue weighted by Gasteiger charge is 2.27. The molecule has 1 aliphatic carbocycles. The summed E-state index contributed by atoms with van der Waals surface area (Å²) < 4.78 is 0.843. The lowest BCUT2D eigenvalue weighted by atomic mass is 10.2. The zero-order valence-electron chi connectivity index (χ0n) is 10.2. The number of hydrogen-bond donors (Lipinski definition) is 1. The Hall–Kier alpha value is -1.42. The molecule has 0 aliphatic heterocycles. The Kier molecular flexibility index (Phi) is 3.04. The Morgan fingerprint density at radius 1 is 1.22 bits per heavy atom. The molecule has 92 valence electrons. The number of rotatable bonds is 3. The summed E-state index contributed by atoms with van der Waals surface area (Å²) in [5.41, 5.74) is 2.30. The molecule has 4 heteroatoms. The molecule has 0 unspecified atom stereocenters. The molecule has 0 atom stereocenters. The maximum absolute atomic E-state index is 4.58. The average molecular weight is 304 g/mol. The fourth-order valence-corrected chi connectivity index (χ4v) is 2.27. The molecule has 0 saturated heterocycles. The van der Waals surface area contributed by atoms with Gasteiger partial charge in [-0.3, -0.25) is 0 Å². The van der Waals surface area contributed by atoms with E-state index < -0.39 is 0 Å². The molecule has 3 nitrogen and oxygen atoms in total. The summed E-state index contributed by atoms with van der Waals surface area (Å²) in [7, 11) is 0. The minimum absolute atomic E-state index is 0.555. The first-order valence-corrected chi connectivity index (χ1v) is 6.89. The lowest BCUT2D eigenvalue weighted by molar-refractivity contribution is 0.919. The molecule has 1 saturated carbocycles. The number of para-hydroxylation sites is 1. The van der Waals surface area contributed by atoms with E-state index in [1.807, 2.05) is 18.2 Å². The van der Waals surface area contributed by atoms with Crippen LogP contribution in [-0.4, -0.2) is 9.97 Å². The molecule has 1 aliphatic rings. The second kappa shape index (κ2) is 4.69. The van der Waals surface area contributed by atoms with Gasteiger partial charge in [0.2, 0.25) is 0 Å². The van der Waals surface area contributed by atoms with Gasteiger partial charge in [0, 0.05) is 17.7 Å². The van der Waals surface area contributed by atoms with Gasteiger partial charge < -0.3 is 5.32 Å². The van der Waals surface area contributed by atoms with Gasteiger partial charge in [0.1, 0.15) is 16.2 Å². The van der Waals surface area contributed by atoms with E-state index in [9.17, 15) is 0 Å². The van der Waals surface area contributed by atoms with Crippen LogP contribution in [0, 0.1) is 6.92 Å². The molecule has 0 bridgehead atoms. The number of halogens is 1. The number of aryl methyl sites for hydroxylation is 1. The Morgan fingerprint density at radius 3 is 2.72 bits per heavy atom. The molecule has 1 fully saturated rings. The van der Waals surface area contributed by atoms with Crippen LogP contribution in [0.4, 0.5) is 11.5 Å². The van der Waals surface area contributed by atoms with E-state index in [1.54, 1.807) is 0 Å². The quantitative estimate of drug-likeness (QED) is 0.865. The first-order chi connectivity index (χ1) is 8.72. The van der Waals surface area contributed by atoms with Crippen molar-refractivity contribution >= 4 is 27.4 Å². The highest BCUT2D eigenvalue weighted by atomic mass is 79.9. The van der Waals surface area contributed by atoms with Gasteiger partial charge in [-0.25, -0.2) is 9.97 Å². The summed E-state index contributed by atoms with van der Waals surface area (Å²) in [6.45, 7) is 2.08. The number of hydrogen-bond acceptors (Lipinski definition) is 3. The lowest BCUT2D eigenvalue weighted by Crippen LogP contribution is -2.00. The van der Waals surface area contributed by atoms with Crippen LogP contribution in [0.15, 0.2) is 34.9 Å². The second-order valence-electron chi connectivity index (χ2n) is 4.65. The maximum atomic E-state index is 4.58. The van der Waals surface area contributed by atoms with E-state index in [4.69, 9.17) is 0 Å². The van der Waals surface area contributed by atoms with Gasteiger partial charge in [0.15, 0.2) is 0 Å². The van der Waals surface area contributed by atoms with E-state index in [-0.39, 0.29) is 0 Å². The molecule has 2 aromatic rings. The molecule has 1 heterocycles. The smallest absolute Gasteiger partial charge is 0.135 e. The largest absolute Gasteiger partial charge is 0.340 e. The Labute approximate surface area is 115 Å². The first kappa shape index (κ1) is 11.7. The fourth-order valence-electron chi connectivity index (χ4n) is 1.87. The second-order valence-corrected chi connectivity index (χ2v) is 5.46. The predicted octanol–water partition coefficient (Wildman–Crippen LogP) is 4.17. The van der Waals surface area contributed by atoms with Crippen LogP contribution in [0.5, 0.6) is 0 Å². The van der Waals surface area contributed by atoms with E-state index in [2.05, 4.69) is 50.3 Å². The Balaban J connectivity index is 1.90. The van der Waals surface area contributed by atoms with Crippen molar-refractivity contribution in [2.24, 2.45) is 0 Å². The SMILES string of the molecule is Cc1ccccc1Nc1cc(Br)nc(C2CC2)n1. The first-order valence-electron chi connectivity index (χ1n) is 6.09. The van der Waals surface area contributed by atoms with Crippen molar-refractivity contribution < 1.29 is 0 Å². The van der Waals surface area contributed by atoms with Crippen molar-refractivity contribution in [1.29, 1.82) is 0 Å². The van der Waals surface area contributed by atoms with Crippen molar-refractivity contribution in [1.82, 2.24) is 9.97 Å². The van der Waals surface area contributed by atoms with Gasteiger partial charge >= 0.3 is 0 Å². The highest BCUT2D eigenvalue weighted by Crippen LogP contribution is 2.39. The zero-order valence-corrected chi connectivity index (χ0v) is 11.7. The van der Waals surface area contributed by atoms with Crippen molar-refractivity contribution in [3.63, 3.8) is 0 Å². The number of nitrogens with zero attached hydrogens (tertiary/aromatic N) is 2. The van der Waals surface area contributed by atoms with Gasteiger partial charge in [0.25, 0.3) is 0 Å². The third kappa shape index (κ3) is 2.53. The number of aromatic nitrogens is 2. The minimum Gasteiger partial charge on any atom is -0.340 e. The van der Waals surface area contributed by atoms with E-state index >= 15 is 0 Å². The predicted molar refractivity (Wildman–Crippen MR) is 76.2 cm³/mol. The van der Waals surface area contributed by atoms with Gasteiger partial charge in [-0.2, -0.15) is 0 Å². The minimum atomic E-state index is 0.555. The van der Waals surface area contributed by atoms with Gasteiger partial charge in [-0.1, -0.05) is 18.2 Å². The van der Waals surface area contributed by atoms with Gasteiger partial charge in [-0.05, 0) is 47.3 Å². The zero-order chi connectivity index (χ0) is 12.5. The number of anilines is 2. The molecular weight excluding hydrogens is 290 g/mol. The van der Waals surface area contributed by atoms with Crippen LogP contribution < -0.4 is 5.32 Å². The summed E-state index contributed by atoms with van der Waals surface area (Å²) >= 11 is 3.45. The summed E-state index contributed by atoms with van der Waals surface area (Å²) in [6, 6.07) is 10.1. The number of nitrogens with one attached hydrogen (secondary N) is 1. The highest BCUT2D eigenvalue weighted by molar-refractivity contribution is 9.10. The van der Waals surface area contributed by atoms with Crippen molar-refractivity contribution in [2.75, 3.05) is 5.32 Å². The third-order valence-electron chi connectivity index (χ3n) is 3.06. The van der Waals surface area contributed by atoms with Crippen LogP contribution in [0.25, 0.3) is 0 Å². The standard InChI is InChI=1S/C14H14BrN3/c1-9-4-2-3-5-11(9)16-13-8-12(15)17-14(18-13)10-6-7-10/h2-5,8,10H,6-7H2,1H3,(H,16,17,18). The topological polar surface area (TPSA) is 37.8 Å². The normalized spacial score (nSPS) is 14.6. The van der Waals surface area contributed by atoms with Crippen LogP contribution in [0.3, 0.4) is 0 Å². The molecule has 1 aromatic carbocycles. The average Bonchev–Trinajstić information content (AvgIpc) is 3.15. The van der Waals surface area contributed by atoms with E-state index in [0.717, 1.165) is 21.9 Å². The molecule has 0 radical (unpaired) electrons. The van der Waals surface area contributed by atoms with Crippen LogP contribution in [0.2, 0.25) is 0 Å². The summed E-state index contributed by atoms with van der Waals surface area (Å²) in [5.74, 6) is 2.36.